The molecule has 5 heterocycles. The molecular formula is C46H44Cl2N6O5. The highest BCUT2D eigenvalue weighted by Gasteiger charge is 2.40. The van der Waals surface area contributed by atoms with E-state index in [9.17, 15) is 9.90 Å². The van der Waals surface area contributed by atoms with Gasteiger partial charge in [0.15, 0.2) is 5.69 Å². The number of pyridine rings is 1. The van der Waals surface area contributed by atoms with Crippen LogP contribution in [0, 0.1) is 34.6 Å². The van der Waals surface area contributed by atoms with Gasteiger partial charge in [-0.25, -0.2) is 14.8 Å². The number of carbonyl (C=O) groups excluding carboxylic acids is 1. The number of aryl methyl sites for hydroxylation is 6. The van der Waals surface area contributed by atoms with Crippen molar-refractivity contribution in [3.8, 4) is 22.6 Å². The first-order chi connectivity index (χ1) is 28.3. The van der Waals surface area contributed by atoms with E-state index in [1.54, 1.807) is 28.7 Å². The lowest BCUT2D eigenvalue weighted by Gasteiger charge is -2.34. The standard InChI is InChI=1S/C46H44Cl2N6O5/c1-24-18-32(19-25(2)40(24)48)59-17-9-12-33-34-14-15-36(47)39(38-28(5)49-23-50-29(38)6)41(34)54-27(4)21-53(45(55)43(33)54)42-35-20-31(58-7)13-16-37(35)52(44(42)46(56)57)22-30-11-8-10-26(3)51-30/h8,10-11,13-16,18-20,23,27H,9,12,17,21-22H2,1-7H3,(H,56,57)/t27-/m1/s1. The number of hydrogen-bond acceptors (Lipinski definition) is 7. The second kappa shape index (κ2) is 15.7. The molecule has 1 aliphatic rings. The number of nitrogens with zero attached hydrogens (tertiary/aromatic N) is 6. The molecule has 1 amide bonds. The molecule has 0 radical (unpaired) electrons. The molecule has 1 N–H and O–H groups in total. The molecule has 1 aliphatic heterocycles. The predicted octanol–water partition coefficient (Wildman–Crippen LogP) is 10.3. The summed E-state index contributed by atoms with van der Waals surface area (Å²) in [5.41, 5.74) is 9.48. The molecule has 1 atom stereocenters. The van der Waals surface area contributed by atoms with Crippen molar-refractivity contribution in [3.05, 3.63) is 128 Å². The predicted molar refractivity (Wildman–Crippen MR) is 232 cm³/mol. The van der Waals surface area contributed by atoms with Crippen molar-refractivity contribution in [1.82, 2.24) is 24.1 Å². The summed E-state index contributed by atoms with van der Waals surface area (Å²) in [7, 11) is 1.56. The average molecular weight is 832 g/mol. The van der Waals surface area contributed by atoms with E-state index in [4.69, 9.17) is 32.7 Å². The zero-order valence-electron chi connectivity index (χ0n) is 34.0. The molecule has 11 nitrogen and oxygen atoms in total. The Labute approximate surface area is 352 Å². The summed E-state index contributed by atoms with van der Waals surface area (Å²) >= 11 is 13.6. The summed E-state index contributed by atoms with van der Waals surface area (Å²) in [5.74, 6) is -0.224. The molecule has 7 aromatic rings. The minimum atomic E-state index is -1.16. The van der Waals surface area contributed by atoms with E-state index in [-0.39, 0.29) is 30.7 Å². The summed E-state index contributed by atoms with van der Waals surface area (Å²) in [5, 5.41) is 13.7. The Morgan fingerprint density at radius 2 is 1.64 bits per heavy atom. The van der Waals surface area contributed by atoms with Gasteiger partial charge in [-0.1, -0.05) is 35.3 Å². The van der Waals surface area contributed by atoms with Gasteiger partial charge in [-0.2, -0.15) is 0 Å². The van der Waals surface area contributed by atoms with Crippen LogP contribution in [0.4, 0.5) is 5.69 Å². The van der Waals surface area contributed by atoms with Gasteiger partial charge in [0.25, 0.3) is 5.91 Å². The molecule has 0 fully saturated rings. The lowest BCUT2D eigenvalue weighted by Crippen LogP contribution is -2.43. The van der Waals surface area contributed by atoms with Gasteiger partial charge in [-0.05, 0) is 120 Å². The molecule has 0 unspecified atom stereocenters. The summed E-state index contributed by atoms with van der Waals surface area (Å²) in [6.45, 7) is 12.4. The average Bonchev–Trinajstić information content (AvgIpc) is 3.70. The third-order valence-electron chi connectivity index (χ3n) is 11.3. The molecule has 4 aromatic heterocycles. The highest BCUT2D eigenvalue weighted by molar-refractivity contribution is 6.35. The van der Waals surface area contributed by atoms with Crippen LogP contribution in [-0.4, -0.2) is 61.3 Å². The highest BCUT2D eigenvalue weighted by atomic mass is 35.5. The number of ether oxygens (including phenoxy) is 2. The first-order valence-corrected chi connectivity index (χ1v) is 20.3. The molecule has 0 spiro atoms. The third kappa shape index (κ3) is 6.95. The van der Waals surface area contributed by atoms with Crippen LogP contribution in [0.5, 0.6) is 11.5 Å². The van der Waals surface area contributed by atoms with Crippen LogP contribution in [0.1, 0.15) is 79.8 Å². The van der Waals surface area contributed by atoms with Crippen molar-refractivity contribution in [1.29, 1.82) is 0 Å². The molecule has 3 aromatic carbocycles. The first kappa shape index (κ1) is 39.9. The second-order valence-corrected chi connectivity index (χ2v) is 16.1. The largest absolute Gasteiger partial charge is 0.497 e. The number of fused-ring (bicyclic) bond motifs is 4. The number of rotatable bonds is 11. The fourth-order valence-corrected chi connectivity index (χ4v) is 9.04. The Hall–Kier alpha value is -5.91. The molecule has 0 saturated carbocycles. The first-order valence-electron chi connectivity index (χ1n) is 19.5. The fourth-order valence-electron chi connectivity index (χ4n) is 8.69. The van der Waals surface area contributed by atoms with Gasteiger partial charge in [0.05, 0.1) is 47.7 Å². The SMILES string of the molecule is COc1ccc2c(c1)c(N1C[C@@H](C)n3c(c(CCCOc4cc(C)c(Cl)c(C)c4)c4ccc(Cl)c(-c5c(C)ncnc5C)c43)C1=O)c(C(=O)O)n2Cc1cccc(C)n1. The fraction of sp³-hybridized carbons (Fsp3) is 0.283. The zero-order chi connectivity index (χ0) is 41.9. The smallest absolute Gasteiger partial charge is 0.354 e. The van der Waals surface area contributed by atoms with Crippen LogP contribution in [0.15, 0.2) is 67.0 Å². The summed E-state index contributed by atoms with van der Waals surface area (Å²) in [6.07, 6.45) is 2.61. The van der Waals surface area contributed by atoms with Crippen molar-refractivity contribution < 1.29 is 24.2 Å². The van der Waals surface area contributed by atoms with Crippen molar-refractivity contribution in [2.75, 3.05) is 25.2 Å². The topological polar surface area (TPSA) is 125 Å². The molecule has 13 heteroatoms. The van der Waals surface area contributed by atoms with E-state index < -0.39 is 5.97 Å². The Balaban J connectivity index is 1.32. The van der Waals surface area contributed by atoms with Crippen molar-refractivity contribution in [2.45, 2.75) is 67.0 Å². The van der Waals surface area contributed by atoms with E-state index in [2.05, 4.69) is 19.5 Å². The van der Waals surface area contributed by atoms with Crippen molar-refractivity contribution in [3.63, 3.8) is 0 Å². The van der Waals surface area contributed by atoms with E-state index in [1.807, 2.05) is 90.1 Å². The van der Waals surface area contributed by atoms with E-state index in [0.29, 0.717) is 63.2 Å². The van der Waals surface area contributed by atoms with Crippen LogP contribution >= 0.6 is 23.2 Å². The normalized spacial score (nSPS) is 14.0. The lowest BCUT2D eigenvalue weighted by atomic mass is 9.97. The lowest BCUT2D eigenvalue weighted by molar-refractivity contribution is 0.0687. The molecule has 59 heavy (non-hydrogen) atoms. The Kier molecular flexibility index (Phi) is 10.6. The molecule has 302 valence electrons. The zero-order valence-corrected chi connectivity index (χ0v) is 35.5. The number of aromatic carboxylic acids is 1. The number of halogens is 2. The number of benzene rings is 3. The molecular weight excluding hydrogens is 787 g/mol. The molecule has 0 aliphatic carbocycles. The molecule has 0 bridgehead atoms. The number of carboxylic acids is 1. The van der Waals surface area contributed by atoms with Crippen LogP contribution < -0.4 is 14.4 Å². The van der Waals surface area contributed by atoms with Crippen LogP contribution in [0.25, 0.3) is 32.9 Å². The maximum atomic E-state index is 15.5. The number of hydrogen-bond donors (Lipinski definition) is 1. The summed E-state index contributed by atoms with van der Waals surface area (Å²) < 4.78 is 15.7. The van der Waals surface area contributed by atoms with Crippen molar-refractivity contribution in [2.24, 2.45) is 0 Å². The van der Waals surface area contributed by atoms with Gasteiger partial charge in [-0.3, -0.25) is 9.78 Å². The van der Waals surface area contributed by atoms with Gasteiger partial charge in [0.1, 0.15) is 23.5 Å². The maximum absolute atomic E-state index is 15.5. The van der Waals surface area contributed by atoms with Crippen LogP contribution in [0.3, 0.4) is 0 Å². The summed E-state index contributed by atoms with van der Waals surface area (Å²) in [6, 6.07) is 18.5. The van der Waals surface area contributed by atoms with Gasteiger partial charge in [0, 0.05) is 56.6 Å². The number of aromatic nitrogens is 5. The molecule has 0 saturated heterocycles. The number of anilines is 1. The van der Waals surface area contributed by atoms with Gasteiger partial charge in [0.2, 0.25) is 0 Å². The van der Waals surface area contributed by atoms with Gasteiger partial charge < -0.3 is 28.6 Å². The van der Waals surface area contributed by atoms with Crippen molar-refractivity contribution >= 4 is 62.6 Å². The van der Waals surface area contributed by atoms with E-state index >= 15 is 4.79 Å². The second-order valence-electron chi connectivity index (χ2n) is 15.3. The minimum absolute atomic E-state index is 0.0124. The minimum Gasteiger partial charge on any atom is -0.497 e. The third-order valence-corrected chi connectivity index (χ3v) is 12.2. The highest BCUT2D eigenvalue weighted by Crippen LogP contribution is 2.46. The number of carbonyl (C=O) groups is 2. The quantitative estimate of drug-likeness (QED) is 0.128. The molecule has 8 rings (SSSR count). The van der Waals surface area contributed by atoms with E-state index in [0.717, 1.165) is 61.6 Å². The van der Waals surface area contributed by atoms with Crippen LogP contribution in [-0.2, 0) is 13.0 Å². The van der Waals surface area contributed by atoms with Crippen LogP contribution in [0.2, 0.25) is 10.0 Å². The summed E-state index contributed by atoms with van der Waals surface area (Å²) in [4.78, 5) is 44.4. The Morgan fingerprint density at radius 3 is 2.32 bits per heavy atom. The number of amides is 1. The monoisotopic (exact) mass is 830 g/mol. The Bertz CT molecular complexity index is 2800. The number of methoxy groups -OCH3 is 1. The van der Waals surface area contributed by atoms with Gasteiger partial charge in [-0.15, -0.1) is 0 Å². The maximum Gasteiger partial charge on any atom is 0.354 e. The Morgan fingerprint density at radius 1 is 0.915 bits per heavy atom. The van der Waals surface area contributed by atoms with E-state index in [1.165, 1.54) is 6.33 Å². The number of carboxylic acid groups (broad SMARTS) is 1. The van der Waals surface area contributed by atoms with Gasteiger partial charge >= 0.3 is 5.97 Å².